The van der Waals surface area contributed by atoms with E-state index in [1.807, 2.05) is 19.1 Å². The minimum absolute atomic E-state index is 0.121. The number of H-pyrrole nitrogens is 1. The third-order valence-electron chi connectivity index (χ3n) is 4.50. The first-order chi connectivity index (χ1) is 10.1. The van der Waals surface area contributed by atoms with Crippen molar-refractivity contribution < 1.29 is 4.79 Å². The maximum absolute atomic E-state index is 12.5. The summed E-state index contributed by atoms with van der Waals surface area (Å²) < 4.78 is 0. The van der Waals surface area contributed by atoms with E-state index in [2.05, 4.69) is 22.1 Å². The van der Waals surface area contributed by atoms with Crippen LogP contribution in [0, 0.1) is 12.8 Å². The molecule has 0 amide bonds. The Bertz CT molecular complexity index is 624. The first-order valence-electron chi connectivity index (χ1n) is 7.45. The molecule has 0 atom stereocenters. The van der Waals surface area contributed by atoms with Gasteiger partial charge in [-0.15, -0.1) is 0 Å². The van der Waals surface area contributed by atoms with Crippen LogP contribution in [-0.4, -0.2) is 15.8 Å². The zero-order valence-electron chi connectivity index (χ0n) is 12.1. The Morgan fingerprint density at radius 2 is 1.86 bits per heavy atom. The number of rotatable bonds is 3. The molecule has 2 aromatic rings. The van der Waals surface area contributed by atoms with E-state index in [1.165, 1.54) is 5.56 Å². The third kappa shape index (κ3) is 3.03. The second-order valence-corrected chi connectivity index (χ2v) is 6.28. The molecule has 1 saturated carbocycles. The molecule has 1 fully saturated rings. The van der Waals surface area contributed by atoms with Crippen molar-refractivity contribution in [1.29, 1.82) is 0 Å². The highest BCUT2D eigenvalue weighted by Crippen LogP contribution is 2.37. The van der Waals surface area contributed by atoms with Crippen LogP contribution in [0.1, 0.15) is 53.3 Å². The molecule has 0 bridgehead atoms. The van der Waals surface area contributed by atoms with Gasteiger partial charge in [0.15, 0.2) is 5.78 Å². The average Bonchev–Trinajstić information content (AvgIpc) is 2.94. The highest BCUT2D eigenvalue weighted by atomic mass is 35.5. The zero-order valence-corrected chi connectivity index (χ0v) is 12.9. The predicted octanol–water partition coefficient (Wildman–Crippen LogP) is 4.53. The number of carbonyl (C=O) groups is 1. The van der Waals surface area contributed by atoms with Crippen LogP contribution in [0.15, 0.2) is 30.6 Å². The van der Waals surface area contributed by atoms with Gasteiger partial charge in [0.2, 0.25) is 0 Å². The van der Waals surface area contributed by atoms with Crippen molar-refractivity contribution in [1.82, 2.24) is 9.97 Å². The van der Waals surface area contributed by atoms with Crippen LogP contribution >= 0.6 is 11.6 Å². The van der Waals surface area contributed by atoms with E-state index >= 15 is 0 Å². The highest BCUT2D eigenvalue weighted by Gasteiger charge is 2.29. The van der Waals surface area contributed by atoms with E-state index in [9.17, 15) is 4.79 Å². The number of hydrogen-bond donors (Lipinski definition) is 1. The Kier molecular flexibility index (Phi) is 4.11. The van der Waals surface area contributed by atoms with Gasteiger partial charge in [0.05, 0.1) is 6.33 Å². The van der Waals surface area contributed by atoms with Crippen molar-refractivity contribution >= 4 is 17.4 Å². The van der Waals surface area contributed by atoms with Crippen molar-refractivity contribution in [2.45, 2.75) is 38.5 Å². The van der Waals surface area contributed by atoms with Crippen molar-refractivity contribution in [3.05, 3.63) is 52.6 Å². The molecular weight excluding hydrogens is 284 g/mol. The lowest BCUT2D eigenvalue weighted by atomic mass is 9.76. The number of hydrogen-bond acceptors (Lipinski definition) is 2. The summed E-state index contributed by atoms with van der Waals surface area (Å²) in [4.78, 5) is 19.6. The first-order valence-corrected chi connectivity index (χ1v) is 7.82. The lowest BCUT2D eigenvalue weighted by Gasteiger charge is -2.27. The average molecular weight is 303 g/mol. The van der Waals surface area contributed by atoms with Gasteiger partial charge in [0.25, 0.3) is 0 Å². The molecule has 0 unspecified atom stereocenters. The molecule has 0 saturated heterocycles. The van der Waals surface area contributed by atoms with Crippen molar-refractivity contribution in [2.24, 2.45) is 5.92 Å². The van der Waals surface area contributed by atoms with Gasteiger partial charge in [-0.2, -0.15) is 0 Å². The summed E-state index contributed by atoms with van der Waals surface area (Å²) in [5.74, 6) is 0.866. The summed E-state index contributed by atoms with van der Waals surface area (Å²) in [6.07, 6.45) is 5.60. The van der Waals surface area contributed by atoms with Gasteiger partial charge in [-0.05, 0) is 56.2 Å². The SMILES string of the molecule is Cc1[nH]cnc1C(=O)C1CCC(c2ccc(Cl)cc2)CC1. The lowest BCUT2D eigenvalue weighted by Crippen LogP contribution is -2.22. The van der Waals surface area contributed by atoms with Crippen LogP contribution in [0.4, 0.5) is 0 Å². The number of aryl methyl sites for hydroxylation is 1. The molecule has 4 heteroatoms. The van der Waals surface area contributed by atoms with Crippen LogP contribution < -0.4 is 0 Å². The monoisotopic (exact) mass is 302 g/mol. The molecule has 0 radical (unpaired) electrons. The van der Waals surface area contributed by atoms with Gasteiger partial charge in [0, 0.05) is 16.6 Å². The highest BCUT2D eigenvalue weighted by molar-refractivity contribution is 6.30. The van der Waals surface area contributed by atoms with E-state index in [4.69, 9.17) is 11.6 Å². The molecule has 1 aliphatic rings. The smallest absolute Gasteiger partial charge is 0.186 e. The minimum Gasteiger partial charge on any atom is -0.348 e. The standard InChI is InChI=1S/C17H19ClN2O/c1-11-16(20-10-19-11)17(21)14-4-2-12(3-5-14)13-6-8-15(18)9-7-13/h6-10,12,14H,2-5H2,1H3,(H,19,20). The fraction of sp³-hybridized carbons (Fsp3) is 0.412. The Labute approximate surface area is 129 Å². The number of aromatic nitrogens is 2. The molecule has 21 heavy (non-hydrogen) atoms. The van der Waals surface area contributed by atoms with Crippen molar-refractivity contribution in [3.8, 4) is 0 Å². The summed E-state index contributed by atoms with van der Waals surface area (Å²) >= 11 is 5.93. The number of halogens is 1. The molecule has 0 spiro atoms. The lowest BCUT2D eigenvalue weighted by molar-refractivity contribution is 0.0878. The van der Waals surface area contributed by atoms with Gasteiger partial charge >= 0.3 is 0 Å². The number of imidazole rings is 1. The number of aromatic amines is 1. The summed E-state index contributed by atoms with van der Waals surface area (Å²) in [5.41, 5.74) is 2.83. The van der Waals surface area contributed by atoms with Crippen molar-refractivity contribution in [2.75, 3.05) is 0 Å². The van der Waals surface area contributed by atoms with Gasteiger partial charge in [0.1, 0.15) is 5.69 Å². The normalized spacial score (nSPS) is 22.2. The number of ketones is 1. The molecule has 1 N–H and O–H groups in total. The maximum Gasteiger partial charge on any atom is 0.186 e. The number of nitrogens with zero attached hydrogens (tertiary/aromatic N) is 1. The van der Waals surface area contributed by atoms with Gasteiger partial charge in [-0.1, -0.05) is 23.7 Å². The molecular formula is C17H19ClN2O. The summed E-state index contributed by atoms with van der Waals surface area (Å²) in [5, 5.41) is 0.775. The largest absolute Gasteiger partial charge is 0.348 e. The molecule has 3 rings (SSSR count). The quantitative estimate of drug-likeness (QED) is 0.847. The second-order valence-electron chi connectivity index (χ2n) is 5.84. The first kappa shape index (κ1) is 14.3. The molecule has 0 aliphatic heterocycles. The molecule has 3 nitrogen and oxygen atoms in total. The van der Waals surface area contributed by atoms with E-state index in [-0.39, 0.29) is 11.7 Å². The summed E-state index contributed by atoms with van der Waals surface area (Å²) in [6.45, 7) is 1.90. The fourth-order valence-corrected chi connectivity index (χ4v) is 3.35. The van der Waals surface area contributed by atoms with Crippen LogP contribution in [0.2, 0.25) is 5.02 Å². The maximum atomic E-state index is 12.5. The number of carbonyl (C=O) groups excluding carboxylic acids is 1. The number of benzene rings is 1. The molecule has 110 valence electrons. The Morgan fingerprint density at radius 3 is 2.43 bits per heavy atom. The van der Waals surface area contributed by atoms with Crippen molar-refractivity contribution in [3.63, 3.8) is 0 Å². The van der Waals surface area contributed by atoms with Gasteiger partial charge < -0.3 is 4.98 Å². The van der Waals surface area contributed by atoms with Gasteiger partial charge in [-0.25, -0.2) is 4.98 Å². The van der Waals surface area contributed by atoms with Crippen LogP contribution in [0.25, 0.3) is 0 Å². The second kappa shape index (κ2) is 6.02. The fourth-order valence-electron chi connectivity index (χ4n) is 3.22. The summed E-state index contributed by atoms with van der Waals surface area (Å²) in [7, 11) is 0. The topological polar surface area (TPSA) is 45.8 Å². The van der Waals surface area contributed by atoms with Crippen LogP contribution in [0.3, 0.4) is 0 Å². The van der Waals surface area contributed by atoms with Crippen LogP contribution in [0.5, 0.6) is 0 Å². The van der Waals surface area contributed by atoms with E-state index in [0.29, 0.717) is 11.6 Å². The Balaban J connectivity index is 1.64. The van der Waals surface area contributed by atoms with E-state index < -0.39 is 0 Å². The van der Waals surface area contributed by atoms with Gasteiger partial charge in [-0.3, -0.25) is 4.79 Å². The van der Waals surface area contributed by atoms with E-state index in [1.54, 1.807) is 6.33 Å². The molecule has 1 aromatic carbocycles. The van der Waals surface area contributed by atoms with E-state index in [0.717, 1.165) is 36.4 Å². The van der Waals surface area contributed by atoms with Crippen LogP contribution in [-0.2, 0) is 0 Å². The zero-order chi connectivity index (χ0) is 14.8. The third-order valence-corrected chi connectivity index (χ3v) is 4.75. The molecule has 1 aliphatic carbocycles. The minimum atomic E-state index is 0.121. The summed E-state index contributed by atoms with van der Waals surface area (Å²) in [6, 6.07) is 8.10. The Morgan fingerprint density at radius 1 is 1.19 bits per heavy atom. The number of Topliss-reactive ketones (excluding diaryl/α,β-unsaturated/α-hetero) is 1. The Hall–Kier alpha value is -1.61. The molecule has 1 aromatic heterocycles. The molecule has 1 heterocycles. The number of nitrogens with one attached hydrogen (secondary N) is 1. The predicted molar refractivity (Wildman–Crippen MR) is 83.8 cm³/mol.